The Hall–Kier alpha value is -0.610. The number of carbonyl (C=O) groups is 1. The van der Waals surface area contributed by atoms with Crippen molar-refractivity contribution in [2.24, 2.45) is 0 Å². The molecule has 0 radical (unpaired) electrons. The van der Waals surface area contributed by atoms with E-state index in [1.54, 1.807) is 0 Å². The quantitative estimate of drug-likeness (QED) is 0.0628. The summed E-state index contributed by atoms with van der Waals surface area (Å²) in [4.78, 5) is 11.6. The van der Waals surface area contributed by atoms with Crippen LogP contribution in [0.2, 0.25) is 0 Å². The van der Waals surface area contributed by atoms with E-state index in [4.69, 9.17) is 14.2 Å². The number of hydrogen-bond donors (Lipinski definition) is 0. The average molecular weight is 541 g/mol. The smallest absolute Gasteiger partial charge is 0.305 e. The van der Waals surface area contributed by atoms with E-state index in [2.05, 4.69) is 13.8 Å². The summed E-state index contributed by atoms with van der Waals surface area (Å²) < 4.78 is 17.3. The summed E-state index contributed by atoms with van der Waals surface area (Å²) in [5.41, 5.74) is 0. The molecule has 228 valence electrons. The van der Waals surface area contributed by atoms with Crippen molar-refractivity contribution in [3.63, 3.8) is 0 Å². The molecular formula is C34H68O4. The van der Waals surface area contributed by atoms with Crippen LogP contribution < -0.4 is 0 Å². The van der Waals surface area contributed by atoms with Gasteiger partial charge in [0.25, 0.3) is 0 Å². The Morgan fingerprint density at radius 2 is 0.842 bits per heavy atom. The van der Waals surface area contributed by atoms with Gasteiger partial charge in [-0.05, 0) is 12.8 Å². The minimum absolute atomic E-state index is 0.143. The van der Waals surface area contributed by atoms with Crippen molar-refractivity contribution in [2.75, 3.05) is 26.4 Å². The van der Waals surface area contributed by atoms with Crippen LogP contribution in [-0.2, 0) is 19.0 Å². The molecule has 4 heteroatoms. The van der Waals surface area contributed by atoms with Crippen LogP contribution in [0.25, 0.3) is 0 Å². The van der Waals surface area contributed by atoms with Crippen molar-refractivity contribution in [1.29, 1.82) is 0 Å². The first-order valence-electron chi connectivity index (χ1n) is 17.1. The highest BCUT2D eigenvalue weighted by molar-refractivity contribution is 5.68. The van der Waals surface area contributed by atoms with Gasteiger partial charge in [0.05, 0.1) is 6.61 Å². The van der Waals surface area contributed by atoms with Gasteiger partial charge in [0.1, 0.15) is 12.7 Å². The van der Waals surface area contributed by atoms with Crippen molar-refractivity contribution in [2.45, 2.75) is 187 Å². The molecular weight excluding hydrogens is 472 g/mol. The first-order valence-corrected chi connectivity index (χ1v) is 17.1. The lowest BCUT2D eigenvalue weighted by Gasteiger charge is -2.18. The Morgan fingerprint density at radius 3 is 1.24 bits per heavy atom. The molecule has 0 N–H and O–H groups in total. The van der Waals surface area contributed by atoms with Crippen LogP contribution in [0.5, 0.6) is 0 Å². The number of unbranched alkanes of at least 4 members (excludes halogenated alkanes) is 22. The highest BCUT2D eigenvalue weighted by Crippen LogP contribution is 2.13. The van der Waals surface area contributed by atoms with E-state index in [0.29, 0.717) is 19.6 Å². The third kappa shape index (κ3) is 29.9. The van der Waals surface area contributed by atoms with E-state index in [1.165, 1.54) is 141 Å². The lowest BCUT2D eigenvalue weighted by atomic mass is 10.1. The van der Waals surface area contributed by atoms with Crippen LogP contribution in [0.15, 0.2) is 0 Å². The van der Waals surface area contributed by atoms with Crippen molar-refractivity contribution in [3.05, 3.63) is 0 Å². The van der Waals surface area contributed by atoms with Crippen LogP contribution >= 0.6 is 0 Å². The first-order chi connectivity index (χ1) is 18.7. The molecule has 0 aliphatic carbocycles. The van der Waals surface area contributed by atoms with E-state index in [-0.39, 0.29) is 12.1 Å². The molecule has 0 rings (SSSR count). The molecule has 1 unspecified atom stereocenters. The number of carbonyl (C=O) groups excluding carboxylic acids is 1. The van der Waals surface area contributed by atoms with E-state index in [1.807, 2.05) is 6.92 Å². The second kappa shape index (κ2) is 32.6. The SMILES string of the molecule is CCCCCCCCCCCCCCOCC(COC(=O)CC)OCCCCCCCCCCCCCC. The van der Waals surface area contributed by atoms with Crippen LogP contribution in [0.1, 0.15) is 181 Å². The van der Waals surface area contributed by atoms with Crippen LogP contribution in [0.3, 0.4) is 0 Å². The van der Waals surface area contributed by atoms with Gasteiger partial charge in [0.15, 0.2) is 0 Å². The van der Waals surface area contributed by atoms with E-state index in [9.17, 15) is 4.79 Å². The average Bonchev–Trinajstić information content (AvgIpc) is 2.93. The van der Waals surface area contributed by atoms with Crippen molar-refractivity contribution < 1.29 is 19.0 Å². The number of ether oxygens (including phenoxy) is 3. The van der Waals surface area contributed by atoms with E-state index in [0.717, 1.165) is 26.1 Å². The van der Waals surface area contributed by atoms with Gasteiger partial charge < -0.3 is 14.2 Å². The monoisotopic (exact) mass is 541 g/mol. The van der Waals surface area contributed by atoms with Gasteiger partial charge >= 0.3 is 5.97 Å². The van der Waals surface area contributed by atoms with E-state index >= 15 is 0 Å². The second-order valence-electron chi connectivity index (χ2n) is 11.4. The van der Waals surface area contributed by atoms with Crippen LogP contribution in [0, 0.1) is 0 Å². The summed E-state index contributed by atoms with van der Waals surface area (Å²) in [6.07, 6.45) is 32.6. The predicted octanol–water partition coefficient (Wildman–Crippen LogP) is 10.7. The molecule has 0 aliphatic rings. The molecule has 1 atom stereocenters. The number of esters is 1. The maximum atomic E-state index is 11.6. The molecule has 0 aromatic carbocycles. The van der Waals surface area contributed by atoms with Crippen LogP contribution in [0.4, 0.5) is 0 Å². The summed E-state index contributed by atoms with van der Waals surface area (Å²) in [5.74, 6) is -0.162. The standard InChI is InChI=1S/C34H68O4/c1-4-7-9-11-13-15-17-19-21-23-25-27-29-36-31-33(32-38-34(35)6-3)37-30-28-26-24-22-20-18-16-14-12-10-8-5-2/h33H,4-32H2,1-3H3. The Morgan fingerprint density at radius 1 is 0.474 bits per heavy atom. The van der Waals surface area contributed by atoms with Gasteiger partial charge in [0, 0.05) is 19.6 Å². The number of hydrogen-bond acceptors (Lipinski definition) is 4. The lowest BCUT2D eigenvalue weighted by molar-refractivity contribution is -0.149. The largest absolute Gasteiger partial charge is 0.463 e. The third-order valence-corrected chi connectivity index (χ3v) is 7.52. The van der Waals surface area contributed by atoms with Gasteiger partial charge in [-0.15, -0.1) is 0 Å². The minimum atomic E-state index is -0.162. The Bertz CT molecular complexity index is 454. The Kier molecular flexibility index (Phi) is 32.1. The van der Waals surface area contributed by atoms with Gasteiger partial charge in [-0.25, -0.2) is 0 Å². The molecule has 0 aliphatic heterocycles. The molecule has 0 saturated heterocycles. The fourth-order valence-corrected chi connectivity index (χ4v) is 4.89. The maximum Gasteiger partial charge on any atom is 0.305 e. The highest BCUT2D eigenvalue weighted by atomic mass is 16.6. The highest BCUT2D eigenvalue weighted by Gasteiger charge is 2.12. The van der Waals surface area contributed by atoms with Crippen molar-refractivity contribution in [3.8, 4) is 0 Å². The third-order valence-electron chi connectivity index (χ3n) is 7.52. The molecule has 0 aromatic rings. The molecule has 0 fully saturated rings. The summed E-state index contributed by atoms with van der Waals surface area (Å²) >= 11 is 0. The fourth-order valence-electron chi connectivity index (χ4n) is 4.89. The summed E-state index contributed by atoms with van der Waals surface area (Å²) in [5, 5.41) is 0. The topological polar surface area (TPSA) is 44.8 Å². The molecule has 0 amide bonds. The lowest BCUT2D eigenvalue weighted by Crippen LogP contribution is -2.28. The minimum Gasteiger partial charge on any atom is -0.463 e. The van der Waals surface area contributed by atoms with Crippen molar-refractivity contribution >= 4 is 5.97 Å². The molecule has 0 spiro atoms. The first kappa shape index (κ1) is 37.4. The molecule has 38 heavy (non-hydrogen) atoms. The van der Waals surface area contributed by atoms with Gasteiger partial charge in [-0.2, -0.15) is 0 Å². The fraction of sp³-hybridized carbons (Fsp3) is 0.971. The predicted molar refractivity (Wildman–Crippen MR) is 164 cm³/mol. The summed E-state index contributed by atoms with van der Waals surface area (Å²) in [7, 11) is 0. The molecule has 0 heterocycles. The Labute approximate surface area is 238 Å². The summed E-state index contributed by atoms with van der Waals surface area (Å²) in [6, 6.07) is 0. The maximum absolute atomic E-state index is 11.6. The zero-order chi connectivity index (χ0) is 27.8. The normalized spacial score (nSPS) is 12.2. The zero-order valence-corrected chi connectivity index (χ0v) is 26.2. The Balaban J connectivity index is 3.67. The molecule has 0 aromatic heterocycles. The van der Waals surface area contributed by atoms with Gasteiger partial charge in [-0.3, -0.25) is 4.79 Å². The second-order valence-corrected chi connectivity index (χ2v) is 11.4. The van der Waals surface area contributed by atoms with Crippen molar-refractivity contribution in [1.82, 2.24) is 0 Å². The van der Waals surface area contributed by atoms with Gasteiger partial charge in [0.2, 0.25) is 0 Å². The summed E-state index contributed by atoms with van der Waals surface area (Å²) in [6.45, 7) is 8.72. The van der Waals surface area contributed by atoms with E-state index < -0.39 is 0 Å². The zero-order valence-electron chi connectivity index (χ0n) is 26.2. The number of rotatable bonds is 32. The molecule has 0 bridgehead atoms. The van der Waals surface area contributed by atoms with Gasteiger partial charge in [-0.1, -0.05) is 162 Å². The van der Waals surface area contributed by atoms with Crippen LogP contribution in [-0.4, -0.2) is 38.5 Å². The molecule has 0 saturated carbocycles. The molecule has 4 nitrogen and oxygen atoms in total.